The lowest BCUT2D eigenvalue weighted by Gasteiger charge is -2.35. The molecule has 2 aliphatic rings. The molecule has 1 fully saturated rings. The average Bonchev–Trinajstić information content (AvgIpc) is 3.42. The Bertz CT molecular complexity index is 1160. The zero-order valence-corrected chi connectivity index (χ0v) is 19.2. The van der Waals surface area contributed by atoms with Crippen LogP contribution in [0.1, 0.15) is 43.9 Å². The normalized spacial score (nSPS) is 18.5. The molecule has 1 saturated carbocycles. The summed E-state index contributed by atoms with van der Waals surface area (Å²) in [7, 11) is 0. The monoisotopic (exact) mass is 478 g/mol. The third-order valence-electron chi connectivity index (χ3n) is 6.40. The first kappa shape index (κ1) is 23.0. The number of furan rings is 1. The molecule has 0 spiro atoms. The van der Waals surface area contributed by atoms with Gasteiger partial charge >= 0.3 is 0 Å². The molecule has 3 aromatic rings. The van der Waals surface area contributed by atoms with Crippen molar-refractivity contribution in [1.82, 2.24) is 5.32 Å². The first-order valence-corrected chi connectivity index (χ1v) is 11.9. The molecule has 1 aliphatic heterocycles. The van der Waals surface area contributed by atoms with Gasteiger partial charge in [-0.2, -0.15) is 0 Å². The number of nitrogens with zero attached hydrogens (tertiary/aromatic N) is 1. The molecule has 2 heterocycles. The number of nitrogens with one attached hydrogen (secondary N) is 1. The third kappa shape index (κ3) is 5.01. The maximum absolute atomic E-state index is 13.9. The molecule has 0 radical (unpaired) electrons. The summed E-state index contributed by atoms with van der Waals surface area (Å²) in [6.07, 6.45) is 5.46. The molecule has 7 nitrogen and oxygen atoms in total. The van der Waals surface area contributed by atoms with Crippen molar-refractivity contribution in [3.63, 3.8) is 0 Å². The highest BCUT2D eigenvalue weighted by atomic mass is 19.1. The summed E-state index contributed by atoms with van der Waals surface area (Å²) in [6, 6.07) is 14.8. The molecule has 0 saturated heterocycles. The van der Waals surface area contributed by atoms with E-state index in [0.717, 1.165) is 32.1 Å². The summed E-state index contributed by atoms with van der Waals surface area (Å²) in [6.45, 7) is -0.0251. The van der Waals surface area contributed by atoms with Crippen molar-refractivity contribution >= 4 is 17.5 Å². The van der Waals surface area contributed by atoms with E-state index in [1.54, 1.807) is 30.3 Å². The number of amides is 2. The second-order valence-corrected chi connectivity index (χ2v) is 8.81. The summed E-state index contributed by atoms with van der Waals surface area (Å²) in [5.74, 6) is -0.0190. The molecule has 5 rings (SSSR count). The molecule has 2 atom stereocenters. The van der Waals surface area contributed by atoms with Crippen LogP contribution in [0.2, 0.25) is 0 Å². The molecule has 1 aromatic heterocycles. The van der Waals surface area contributed by atoms with E-state index in [9.17, 15) is 14.0 Å². The molecule has 35 heavy (non-hydrogen) atoms. The van der Waals surface area contributed by atoms with E-state index in [4.69, 9.17) is 13.9 Å². The van der Waals surface area contributed by atoms with E-state index < -0.39 is 23.9 Å². The fourth-order valence-electron chi connectivity index (χ4n) is 4.65. The van der Waals surface area contributed by atoms with Crippen molar-refractivity contribution < 1.29 is 27.9 Å². The summed E-state index contributed by atoms with van der Waals surface area (Å²) in [4.78, 5) is 28.9. The average molecular weight is 479 g/mol. The van der Waals surface area contributed by atoms with Crippen LogP contribution in [0.25, 0.3) is 0 Å². The van der Waals surface area contributed by atoms with E-state index in [0.29, 0.717) is 22.9 Å². The Morgan fingerprint density at radius 3 is 2.40 bits per heavy atom. The number of carbonyl (C=O) groups is 2. The van der Waals surface area contributed by atoms with Crippen molar-refractivity contribution in [2.24, 2.45) is 0 Å². The molecular weight excluding hydrogens is 451 g/mol. The van der Waals surface area contributed by atoms with Gasteiger partial charge in [0.1, 0.15) is 18.2 Å². The SMILES string of the molecule is O=C(NC1CCCCC1)[C@@H](c1ccco1)N(C(=O)[C@@H]1COc2ccccc2O1)c1ccc(F)cc1. The predicted molar refractivity (Wildman–Crippen MR) is 127 cm³/mol. The highest BCUT2D eigenvalue weighted by Gasteiger charge is 2.41. The van der Waals surface area contributed by atoms with Gasteiger partial charge in [0, 0.05) is 11.7 Å². The Morgan fingerprint density at radius 2 is 1.69 bits per heavy atom. The van der Waals surface area contributed by atoms with Crippen LogP contribution < -0.4 is 19.7 Å². The van der Waals surface area contributed by atoms with Crippen LogP contribution in [0.4, 0.5) is 10.1 Å². The van der Waals surface area contributed by atoms with Gasteiger partial charge in [-0.1, -0.05) is 31.4 Å². The number of para-hydroxylation sites is 2. The number of halogens is 1. The van der Waals surface area contributed by atoms with Gasteiger partial charge in [0.15, 0.2) is 17.5 Å². The van der Waals surface area contributed by atoms with Crippen LogP contribution in [0.5, 0.6) is 11.5 Å². The lowest BCUT2D eigenvalue weighted by atomic mass is 9.95. The van der Waals surface area contributed by atoms with Gasteiger partial charge < -0.3 is 19.2 Å². The van der Waals surface area contributed by atoms with Gasteiger partial charge in [-0.25, -0.2) is 4.39 Å². The summed E-state index contributed by atoms with van der Waals surface area (Å²) in [5.41, 5.74) is 0.346. The number of hydrogen-bond acceptors (Lipinski definition) is 5. The molecule has 1 N–H and O–H groups in total. The van der Waals surface area contributed by atoms with Gasteiger partial charge in [-0.05, 0) is 61.4 Å². The first-order chi connectivity index (χ1) is 17.1. The van der Waals surface area contributed by atoms with E-state index in [-0.39, 0.29) is 18.6 Å². The Morgan fingerprint density at radius 1 is 0.943 bits per heavy atom. The lowest BCUT2D eigenvalue weighted by Crippen LogP contribution is -2.52. The van der Waals surface area contributed by atoms with Crippen LogP contribution in [0.15, 0.2) is 71.3 Å². The van der Waals surface area contributed by atoms with Crippen molar-refractivity contribution in [1.29, 1.82) is 0 Å². The zero-order chi connectivity index (χ0) is 24.2. The Hall–Kier alpha value is -3.81. The highest BCUT2D eigenvalue weighted by Crippen LogP contribution is 2.34. The predicted octanol–water partition coefficient (Wildman–Crippen LogP) is 4.78. The number of carbonyl (C=O) groups excluding carboxylic acids is 2. The highest BCUT2D eigenvalue weighted by molar-refractivity contribution is 6.03. The van der Waals surface area contributed by atoms with Crippen LogP contribution in [-0.4, -0.2) is 30.6 Å². The summed E-state index contributed by atoms with van der Waals surface area (Å²) in [5, 5.41) is 3.10. The van der Waals surface area contributed by atoms with Gasteiger partial charge in [0.2, 0.25) is 6.10 Å². The molecule has 8 heteroatoms. The van der Waals surface area contributed by atoms with E-state index in [2.05, 4.69) is 5.32 Å². The number of rotatable bonds is 6. The van der Waals surface area contributed by atoms with E-state index >= 15 is 0 Å². The number of anilines is 1. The minimum absolute atomic E-state index is 0.0251. The smallest absolute Gasteiger partial charge is 0.272 e. The largest absolute Gasteiger partial charge is 0.485 e. The summed E-state index contributed by atoms with van der Waals surface area (Å²) >= 11 is 0. The minimum Gasteiger partial charge on any atom is -0.485 e. The van der Waals surface area contributed by atoms with Crippen LogP contribution >= 0.6 is 0 Å². The molecule has 1 aliphatic carbocycles. The molecule has 182 valence electrons. The molecule has 0 unspecified atom stereocenters. The van der Waals surface area contributed by atoms with Crippen LogP contribution in [-0.2, 0) is 9.59 Å². The lowest BCUT2D eigenvalue weighted by molar-refractivity contribution is -0.132. The van der Waals surface area contributed by atoms with E-state index in [1.807, 2.05) is 6.07 Å². The number of hydrogen-bond donors (Lipinski definition) is 1. The second-order valence-electron chi connectivity index (χ2n) is 8.81. The topological polar surface area (TPSA) is 81.0 Å². The fourth-order valence-corrected chi connectivity index (χ4v) is 4.65. The van der Waals surface area contributed by atoms with Crippen molar-refractivity contribution in [2.75, 3.05) is 11.5 Å². The van der Waals surface area contributed by atoms with Crippen molar-refractivity contribution in [3.05, 3.63) is 78.5 Å². The molecule has 2 aromatic carbocycles. The maximum atomic E-state index is 13.9. The Balaban J connectivity index is 1.50. The molecule has 0 bridgehead atoms. The maximum Gasteiger partial charge on any atom is 0.272 e. The van der Waals surface area contributed by atoms with Crippen LogP contribution in [0, 0.1) is 5.82 Å². The fraction of sp³-hybridized carbons (Fsp3) is 0.333. The standard InChI is InChI=1S/C27H27FN2O5/c28-18-12-14-20(15-13-18)30(27(32)24-17-34-21-9-4-5-10-22(21)35-24)25(23-11-6-16-33-23)26(31)29-19-7-2-1-3-8-19/h4-6,9-16,19,24-25H,1-3,7-8,17H2,(H,29,31)/t24-,25+/m0/s1. The Labute approximate surface area is 202 Å². The Kier molecular flexibility index (Phi) is 6.70. The number of benzene rings is 2. The minimum atomic E-state index is -1.11. The van der Waals surface area contributed by atoms with Crippen LogP contribution in [0.3, 0.4) is 0 Å². The quantitative estimate of drug-likeness (QED) is 0.551. The summed E-state index contributed by atoms with van der Waals surface area (Å²) < 4.78 is 31.1. The zero-order valence-electron chi connectivity index (χ0n) is 19.2. The van der Waals surface area contributed by atoms with Gasteiger partial charge in [-0.15, -0.1) is 0 Å². The number of ether oxygens (including phenoxy) is 2. The first-order valence-electron chi connectivity index (χ1n) is 11.9. The molecule has 2 amide bonds. The van der Waals surface area contributed by atoms with Crippen molar-refractivity contribution in [2.45, 2.75) is 50.3 Å². The van der Waals surface area contributed by atoms with E-state index in [1.165, 1.54) is 35.4 Å². The second kappa shape index (κ2) is 10.2. The van der Waals surface area contributed by atoms with Gasteiger partial charge in [0.05, 0.1) is 6.26 Å². The van der Waals surface area contributed by atoms with Crippen molar-refractivity contribution in [3.8, 4) is 11.5 Å². The number of fused-ring (bicyclic) bond motifs is 1. The van der Waals surface area contributed by atoms with Gasteiger partial charge in [-0.3, -0.25) is 14.5 Å². The third-order valence-corrected chi connectivity index (χ3v) is 6.40. The van der Waals surface area contributed by atoms with Gasteiger partial charge in [0.25, 0.3) is 11.8 Å². The molecular formula is C27H27FN2O5.